The number of nitrogens with one attached hydrogen (secondary N) is 3. The fourth-order valence-corrected chi connectivity index (χ4v) is 2.71. The summed E-state index contributed by atoms with van der Waals surface area (Å²) in [6.45, 7) is -0.205. The van der Waals surface area contributed by atoms with Gasteiger partial charge in [-0.1, -0.05) is 29.3 Å². The standard InChI is InChI=1S/C15H16Cl2N4O4/c1-21(12(23)6-5-10-14(24)20-15(25)18-10)7-11(22)19-13-8(16)3-2-4-9(13)17/h2-4,10H,5-7H2,1H3,(H,19,22)(H2,18,20,24,25)/t10-/m1/s1. The third-order valence-electron chi connectivity index (χ3n) is 3.54. The van der Waals surface area contributed by atoms with Gasteiger partial charge in [-0.15, -0.1) is 0 Å². The Morgan fingerprint density at radius 2 is 1.88 bits per heavy atom. The second-order valence-electron chi connectivity index (χ2n) is 5.45. The van der Waals surface area contributed by atoms with Gasteiger partial charge in [0.1, 0.15) is 6.04 Å². The minimum Gasteiger partial charge on any atom is -0.336 e. The summed E-state index contributed by atoms with van der Waals surface area (Å²) in [5.74, 6) is -1.27. The predicted octanol–water partition coefficient (Wildman–Crippen LogP) is 1.38. The van der Waals surface area contributed by atoms with Gasteiger partial charge in [0.05, 0.1) is 22.3 Å². The molecule has 0 bridgehead atoms. The molecular formula is C15H16Cl2N4O4. The normalized spacial score (nSPS) is 16.2. The van der Waals surface area contributed by atoms with Crippen molar-refractivity contribution in [1.29, 1.82) is 0 Å². The minimum absolute atomic E-state index is 0.00892. The Hall–Kier alpha value is -2.32. The van der Waals surface area contributed by atoms with Crippen LogP contribution in [0.15, 0.2) is 18.2 Å². The number of urea groups is 1. The van der Waals surface area contributed by atoms with Gasteiger partial charge in [0.25, 0.3) is 5.91 Å². The second-order valence-corrected chi connectivity index (χ2v) is 6.26. The first kappa shape index (κ1) is 19.0. The molecule has 134 valence electrons. The maximum absolute atomic E-state index is 12.1. The highest BCUT2D eigenvalue weighted by atomic mass is 35.5. The molecular weight excluding hydrogens is 371 g/mol. The van der Waals surface area contributed by atoms with Crippen molar-refractivity contribution in [2.45, 2.75) is 18.9 Å². The highest BCUT2D eigenvalue weighted by Gasteiger charge is 2.30. The number of halogens is 2. The van der Waals surface area contributed by atoms with Crippen molar-refractivity contribution in [2.75, 3.05) is 18.9 Å². The minimum atomic E-state index is -0.736. The van der Waals surface area contributed by atoms with Crippen molar-refractivity contribution in [1.82, 2.24) is 15.5 Å². The number of benzene rings is 1. The average molecular weight is 387 g/mol. The summed E-state index contributed by atoms with van der Waals surface area (Å²) in [6.07, 6.45) is 0.160. The van der Waals surface area contributed by atoms with Gasteiger partial charge in [-0.3, -0.25) is 19.7 Å². The molecule has 0 spiro atoms. The number of anilines is 1. The maximum atomic E-state index is 12.1. The molecule has 25 heavy (non-hydrogen) atoms. The lowest BCUT2D eigenvalue weighted by atomic mass is 10.1. The number of rotatable bonds is 6. The molecule has 1 heterocycles. The van der Waals surface area contributed by atoms with Gasteiger partial charge < -0.3 is 15.5 Å². The van der Waals surface area contributed by atoms with E-state index < -0.39 is 23.9 Å². The molecule has 2 rings (SSSR count). The van der Waals surface area contributed by atoms with Crippen LogP contribution in [0.2, 0.25) is 10.0 Å². The molecule has 5 amide bonds. The van der Waals surface area contributed by atoms with Crippen LogP contribution < -0.4 is 16.0 Å². The average Bonchev–Trinajstić information content (AvgIpc) is 2.86. The number of likely N-dealkylation sites (N-methyl/N-ethyl adjacent to an activating group) is 1. The van der Waals surface area contributed by atoms with E-state index in [1.165, 1.54) is 11.9 Å². The van der Waals surface area contributed by atoms with Crippen molar-refractivity contribution in [2.24, 2.45) is 0 Å². The van der Waals surface area contributed by atoms with Crippen LogP contribution in [0.3, 0.4) is 0 Å². The number of para-hydroxylation sites is 1. The molecule has 1 aliphatic rings. The van der Waals surface area contributed by atoms with Gasteiger partial charge in [0.2, 0.25) is 11.8 Å². The number of imide groups is 1. The van der Waals surface area contributed by atoms with Crippen LogP contribution in [0.5, 0.6) is 0 Å². The van der Waals surface area contributed by atoms with Crippen LogP contribution in [-0.4, -0.2) is 48.3 Å². The maximum Gasteiger partial charge on any atom is 0.322 e. The van der Waals surface area contributed by atoms with E-state index in [9.17, 15) is 19.2 Å². The van der Waals surface area contributed by atoms with Crippen LogP contribution >= 0.6 is 23.2 Å². The predicted molar refractivity (Wildman–Crippen MR) is 92.4 cm³/mol. The van der Waals surface area contributed by atoms with E-state index in [-0.39, 0.29) is 41.0 Å². The summed E-state index contributed by atoms with van der Waals surface area (Å²) in [5.41, 5.74) is 0.280. The smallest absolute Gasteiger partial charge is 0.322 e. The summed E-state index contributed by atoms with van der Waals surface area (Å²) in [5, 5.41) is 7.63. The van der Waals surface area contributed by atoms with Gasteiger partial charge in [0, 0.05) is 13.5 Å². The van der Waals surface area contributed by atoms with Gasteiger partial charge in [-0.25, -0.2) is 4.79 Å². The van der Waals surface area contributed by atoms with Crippen LogP contribution in [0.25, 0.3) is 0 Å². The molecule has 1 aliphatic heterocycles. The fraction of sp³-hybridized carbons (Fsp3) is 0.333. The zero-order valence-electron chi connectivity index (χ0n) is 13.3. The van der Waals surface area contributed by atoms with Crippen LogP contribution in [0.1, 0.15) is 12.8 Å². The van der Waals surface area contributed by atoms with Crippen molar-refractivity contribution in [3.63, 3.8) is 0 Å². The van der Waals surface area contributed by atoms with Gasteiger partial charge in [-0.05, 0) is 18.6 Å². The largest absolute Gasteiger partial charge is 0.336 e. The number of amides is 5. The Kier molecular flexibility index (Phi) is 6.22. The number of nitrogens with zero attached hydrogens (tertiary/aromatic N) is 1. The monoisotopic (exact) mass is 386 g/mol. The summed E-state index contributed by atoms with van der Waals surface area (Å²) in [7, 11) is 1.46. The molecule has 1 fully saturated rings. The first-order valence-corrected chi connectivity index (χ1v) is 8.12. The molecule has 10 heteroatoms. The fourth-order valence-electron chi connectivity index (χ4n) is 2.22. The molecule has 0 aromatic heterocycles. The number of carbonyl (C=O) groups excluding carboxylic acids is 4. The highest BCUT2D eigenvalue weighted by molar-refractivity contribution is 6.39. The Bertz CT molecular complexity index is 705. The number of hydrogen-bond acceptors (Lipinski definition) is 4. The van der Waals surface area contributed by atoms with E-state index >= 15 is 0 Å². The molecule has 1 atom stereocenters. The van der Waals surface area contributed by atoms with E-state index in [1.54, 1.807) is 18.2 Å². The Balaban J connectivity index is 1.83. The second kappa shape index (κ2) is 8.17. The van der Waals surface area contributed by atoms with Crippen LogP contribution in [0.4, 0.5) is 10.5 Å². The van der Waals surface area contributed by atoms with Crippen molar-refractivity contribution in [3.8, 4) is 0 Å². The Morgan fingerprint density at radius 3 is 2.44 bits per heavy atom. The summed E-state index contributed by atoms with van der Waals surface area (Å²) in [6, 6.07) is 3.50. The van der Waals surface area contributed by atoms with Gasteiger partial charge >= 0.3 is 6.03 Å². The molecule has 0 saturated carbocycles. The molecule has 1 aromatic carbocycles. The summed E-state index contributed by atoms with van der Waals surface area (Å²) >= 11 is 11.9. The van der Waals surface area contributed by atoms with E-state index in [0.29, 0.717) is 0 Å². The molecule has 0 unspecified atom stereocenters. The van der Waals surface area contributed by atoms with Crippen LogP contribution in [0, 0.1) is 0 Å². The van der Waals surface area contributed by atoms with E-state index in [0.717, 1.165) is 0 Å². The summed E-state index contributed by atoms with van der Waals surface area (Å²) in [4.78, 5) is 47.7. The summed E-state index contributed by atoms with van der Waals surface area (Å²) < 4.78 is 0. The van der Waals surface area contributed by atoms with Crippen molar-refractivity contribution < 1.29 is 19.2 Å². The molecule has 3 N–H and O–H groups in total. The zero-order chi connectivity index (χ0) is 18.6. The quantitative estimate of drug-likeness (QED) is 0.641. The topological polar surface area (TPSA) is 108 Å². The SMILES string of the molecule is CN(CC(=O)Nc1c(Cl)cccc1Cl)C(=O)CC[C@H]1NC(=O)NC1=O. The van der Waals surface area contributed by atoms with E-state index in [1.807, 2.05) is 0 Å². The molecule has 0 radical (unpaired) electrons. The van der Waals surface area contributed by atoms with Crippen molar-refractivity contribution in [3.05, 3.63) is 28.2 Å². The van der Waals surface area contributed by atoms with Gasteiger partial charge in [-0.2, -0.15) is 0 Å². The first-order chi connectivity index (χ1) is 11.8. The highest BCUT2D eigenvalue weighted by Crippen LogP contribution is 2.29. The van der Waals surface area contributed by atoms with E-state index in [2.05, 4.69) is 16.0 Å². The zero-order valence-corrected chi connectivity index (χ0v) is 14.8. The Labute approximate surface area is 153 Å². The lowest BCUT2D eigenvalue weighted by Crippen LogP contribution is -2.36. The molecule has 1 saturated heterocycles. The third-order valence-corrected chi connectivity index (χ3v) is 4.17. The molecule has 0 aliphatic carbocycles. The van der Waals surface area contributed by atoms with Crippen molar-refractivity contribution >= 4 is 52.6 Å². The lowest BCUT2D eigenvalue weighted by molar-refractivity contribution is -0.133. The molecule has 1 aromatic rings. The number of hydrogen-bond donors (Lipinski definition) is 3. The Morgan fingerprint density at radius 1 is 1.24 bits per heavy atom. The third kappa shape index (κ3) is 5.07. The first-order valence-electron chi connectivity index (χ1n) is 7.37. The lowest BCUT2D eigenvalue weighted by Gasteiger charge is -2.18. The molecule has 8 nitrogen and oxygen atoms in total. The van der Waals surface area contributed by atoms with E-state index in [4.69, 9.17) is 23.2 Å². The number of carbonyl (C=O) groups is 4. The van der Waals surface area contributed by atoms with Crippen LogP contribution in [-0.2, 0) is 14.4 Å². The van der Waals surface area contributed by atoms with Gasteiger partial charge in [0.15, 0.2) is 0 Å².